The Balaban J connectivity index is 1.40. The van der Waals surface area contributed by atoms with Gasteiger partial charge < -0.3 is 14.2 Å². The van der Waals surface area contributed by atoms with Crippen molar-refractivity contribution in [1.82, 2.24) is 15.0 Å². The molecule has 28 heavy (non-hydrogen) atoms. The summed E-state index contributed by atoms with van der Waals surface area (Å²) in [6, 6.07) is 18.9. The molecule has 0 atom stereocenters. The SMILES string of the molecule is Cc1cc(CN2CCN(C(=O)c3ccccc3Oc3ccccc3)CC2)on1. The van der Waals surface area contributed by atoms with Crippen LogP contribution >= 0.6 is 0 Å². The highest BCUT2D eigenvalue weighted by atomic mass is 16.5. The average Bonchev–Trinajstić information content (AvgIpc) is 3.14. The van der Waals surface area contributed by atoms with Crippen molar-refractivity contribution in [2.75, 3.05) is 26.2 Å². The minimum absolute atomic E-state index is 0.00157. The number of para-hydroxylation sites is 2. The number of amides is 1. The molecule has 1 saturated heterocycles. The zero-order valence-electron chi connectivity index (χ0n) is 15.9. The fourth-order valence-electron chi connectivity index (χ4n) is 3.34. The molecule has 2 aromatic carbocycles. The maximum absolute atomic E-state index is 13.1. The molecule has 0 radical (unpaired) electrons. The average molecular weight is 377 g/mol. The molecule has 4 rings (SSSR count). The Labute approximate surface area is 164 Å². The maximum atomic E-state index is 13.1. The second-order valence-electron chi connectivity index (χ2n) is 6.91. The highest BCUT2D eigenvalue weighted by Crippen LogP contribution is 2.26. The van der Waals surface area contributed by atoms with Crippen molar-refractivity contribution in [2.24, 2.45) is 0 Å². The summed E-state index contributed by atoms with van der Waals surface area (Å²) in [5, 5.41) is 3.93. The quantitative estimate of drug-likeness (QED) is 0.678. The van der Waals surface area contributed by atoms with Crippen LogP contribution in [0.3, 0.4) is 0 Å². The lowest BCUT2D eigenvalue weighted by atomic mass is 10.1. The number of benzene rings is 2. The van der Waals surface area contributed by atoms with Crippen molar-refractivity contribution < 1.29 is 14.1 Å². The molecule has 3 aromatic rings. The zero-order chi connectivity index (χ0) is 19.3. The Kier molecular flexibility index (Phi) is 5.39. The molecule has 0 saturated carbocycles. The van der Waals surface area contributed by atoms with Crippen LogP contribution in [0.15, 0.2) is 65.2 Å². The molecular weight excluding hydrogens is 354 g/mol. The molecule has 6 nitrogen and oxygen atoms in total. The predicted octanol–water partition coefficient (Wildman–Crippen LogP) is 3.73. The second-order valence-corrected chi connectivity index (χ2v) is 6.91. The fraction of sp³-hybridized carbons (Fsp3) is 0.273. The van der Waals surface area contributed by atoms with E-state index in [9.17, 15) is 4.79 Å². The maximum Gasteiger partial charge on any atom is 0.257 e. The molecule has 0 unspecified atom stereocenters. The van der Waals surface area contributed by atoms with Crippen LogP contribution in [-0.4, -0.2) is 47.0 Å². The summed E-state index contributed by atoms with van der Waals surface area (Å²) >= 11 is 0. The van der Waals surface area contributed by atoms with Gasteiger partial charge in [0.05, 0.1) is 17.8 Å². The molecule has 0 N–H and O–H groups in total. The van der Waals surface area contributed by atoms with Crippen molar-refractivity contribution in [3.05, 3.63) is 77.7 Å². The fourth-order valence-corrected chi connectivity index (χ4v) is 3.34. The molecule has 2 heterocycles. The van der Waals surface area contributed by atoms with Gasteiger partial charge in [-0.3, -0.25) is 9.69 Å². The van der Waals surface area contributed by atoms with Gasteiger partial charge in [-0.1, -0.05) is 35.5 Å². The van der Waals surface area contributed by atoms with E-state index in [0.29, 0.717) is 24.4 Å². The van der Waals surface area contributed by atoms with Gasteiger partial charge in [0.25, 0.3) is 5.91 Å². The van der Waals surface area contributed by atoms with Crippen LogP contribution < -0.4 is 4.74 Å². The van der Waals surface area contributed by atoms with Crippen LogP contribution in [0.2, 0.25) is 0 Å². The third-order valence-electron chi connectivity index (χ3n) is 4.80. The largest absolute Gasteiger partial charge is 0.457 e. The van der Waals surface area contributed by atoms with Crippen LogP contribution in [0, 0.1) is 6.92 Å². The monoisotopic (exact) mass is 377 g/mol. The molecule has 6 heteroatoms. The lowest BCUT2D eigenvalue weighted by Gasteiger charge is -2.34. The molecule has 1 amide bonds. The summed E-state index contributed by atoms with van der Waals surface area (Å²) in [5.74, 6) is 2.16. The number of nitrogens with zero attached hydrogens (tertiary/aromatic N) is 3. The van der Waals surface area contributed by atoms with Gasteiger partial charge in [0.1, 0.15) is 11.5 Å². The minimum Gasteiger partial charge on any atom is -0.457 e. The van der Waals surface area contributed by atoms with E-state index in [4.69, 9.17) is 9.26 Å². The number of aryl methyl sites for hydroxylation is 1. The normalized spacial score (nSPS) is 14.8. The van der Waals surface area contributed by atoms with Crippen LogP contribution in [-0.2, 0) is 6.54 Å². The number of rotatable bonds is 5. The van der Waals surface area contributed by atoms with E-state index in [1.54, 1.807) is 0 Å². The molecule has 1 aliphatic heterocycles. The van der Waals surface area contributed by atoms with Crippen LogP contribution in [0.1, 0.15) is 21.8 Å². The topological polar surface area (TPSA) is 58.8 Å². The number of aromatic nitrogens is 1. The van der Waals surface area contributed by atoms with Crippen molar-refractivity contribution in [3.63, 3.8) is 0 Å². The summed E-state index contributed by atoms with van der Waals surface area (Å²) in [5.41, 5.74) is 1.48. The number of ether oxygens (including phenoxy) is 1. The van der Waals surface area contributed by atoms with Crippen molar-refractivity contribution in [1.29, 1.82) is 0 Å². The third-order valence-corrected chi connectivity index (χ3v) is 4.80. The smallest absolute Gasteiger partial charge is 0.257 e. The highest BCUT2D eigenvalue weighted by molar-refractivity contribution is 5.97. The number of carbonyl (C=O) groups excluding carboxylic acids is 1. The Bertz CT molecular complexity index is 931. The first-order valence-corrected chi connectivity index (χ1v) is 9.45. The number of hydrogen-bond acceptors (Lipinski definition) is 5. The summed E-state index contributed by atoms with van der Waals surface area (Å²) in [4.78, 5) is 17.2. The lowest BCUT2D eigenvalue weighted by Crippen LogP contribution is -2.48. The van der Waals surface area contributed by atoms with E-state index in [1.807, 2.05) is 72.5 Å². The molecular formula is C22H23N3O3. The Morgan fingerprint density at radius 3 is 2.46 bits per heavy atom. The van der Waals surface area contributed by atoms with Gasteiger partial charge in [0, 0.05) is 32.2 Å². The summed E-state index contributed by atoms with van der Waals surface area (Å²) in [7, 11) is 0. The van der Waals surface area contributed by atoms with Gasteiger partial charge in [0.2, 0.25) is 0 Å². The van der Waals surface area contributed by atoms with E-state index >= 15 is 0 Å². The molecule has 0 bridgehead atoms. The molecule has 1 aromatic heterocycles. The highest BCUT2D eigenvalue weighted by Gasteiger charge is 2.25. The van der Waals surface area contributed by atoms with Crippen LogP contribution in [0.4, 0.5) is 0 Å². The molecule has 1 aliphatic rings. The molecule has 144 valence electrons. The lowest BCUT2D eigenvalue weighted by molar-refractivity contribution is 0.0615. The Morgan fingerprint density at radius 2 is 1.75 bits per heavy atom. The van der Waals surface area contributed by atoms with E-state index in [-0.39, 0.29) is 5.91 Å². The van der Waals surface area contributed by atoms with Gasteiger partial charge >= 0.3 is 0 Å². The molecule has 1 fully saturated rings. The summed E-state index contributed by atoms with van der Waals surface area (Å²) < 4.78 is 11.2. The Morgan fingerprint density at radius 1 is 1.04 bits per heavy atom. The summed E-state index contributed by atoms with van der Waals surface area (Å²) in [6.45, 7) is 5.58. The van der Waals surface area contributed by atoms with Crippen molar-refractivity contribution >= 4 is 5.91 Å². The Hall–Kier alpha value is -3.12. The van der Waals surface area contributed by atoms with Crippen molar-refractivity contribution in [3.8, 4) is 11.5 Å². The molecule has 0 spiro atoms. The third kappa shape index (κ3) is 4.23. The molecule has 0 aliphatic carbocycles. The first kappa shape index (κ1) is 18.3. The van der Waals surface area contributed by atoms with Gasteiger partial charge in [-0.2, -0.15) is 0 Å². The number of carbonyl (C=O) groups is 1. The van der Waals surface area contributed by atoms with E-state index in [1.165, 1.54) is 0 Å². The van der Waals surface area contributed by atoms with Crippen LogP contribution in [0.25, 0.3) is 0 Å². The van der Waals surface area contributed by atoms with Gasteiger partial charge in [-0.25, -0.2) is 0 Å². The summed E-state index contributed by atoms with van der Waals surface area (Å²) in [6.07, 6.45) is 0. The van der Waals surface area contributed by atoms with E-state index in [2.05, 4.69) is 10.1 Å². The van der Waals surface area contributed by atoms with Crippen LogP contribution in [0.5, 0.6) is 11.5 Å². The standard InChI is InChI=1S/C22H23N3O3/c1-17-15-19(28-23-17)16-24-11-13-25(14-12-24)22(26)20-9-5-6-10-21(20)27-18-7-3-2-4-8-18/h2-10,15H,11-14,16H2,1H3. The first-order chi connectivity index (χ1) is 13.7. The number of piperazine rings is 1. The predicted molar refractivity (Wildman–Crippen MR) is 105 cm³/mol. The van der Waals surface area contributed by atoms with E-state index in [0.717, 1.165) is 36.8 Å². The second kappa shape index (κ2) is 8.27. The van der Waals surface area contributed by atoms with Gasteiger partial charge in [-0.05, 0) is 31.2 Å². The van der Waals surface area contributed by atoms with Crippen molar-refractivity contribution in [2.45, 2.75) is 13.5 Å². The number of hydrogen-bond donors (Lipinski definition) is 0. The first-order valence-electron chi connectivity index (χ1n) is 9.45. The minimum atomic E-state index is 0.00157. The van der Waals surface area contributed by atoms with Gasteiger partial charge in [-0.15, -0.1) is 0 Å². The van der Waals surface area contributed by atoms with Gasteiger partial charge in [0.15, 0.2) is 5.76 Å². The van der Waals surface area contributed by atoms with E-state index < -0.39 is 0 Å². The zero-order valence-corrected chi connectivity index (χ0v) is 15.9.